The van der Waals surface area contributed by atoms with Gasteiger partial charge >= 0.3 is 6.03 Å². The zero-order valence-corrected chi connectivity index (χ0v) is 20.6. The van der Waals surface area contributed by atoms with E-state index in [1.165, 1.54) is 18.5 Å². The van der Waals surface area contributed by atoms with Gasteiger partial charge in [-0.05, 0) is 57.1 Å². The first-order valence-electron chi connectivity index (χ1n) is 13.1. The van der Waals surface area contributed by atoms with Crippen molar-refractivity contribution < 1.29 is 4.79 Å². The average Bonchev–Trinajstić information content (AvgIpc) is 3.60. The van der Waals surface area contributed by atoms with Crippen LogP contribution in [0, 0.1) is 0 Å². The van der Waals surface area contributed by atoms with Crippen molar-refractivity contribution in [1.82, 2.24) is 25.1 Å². The molecule has 2 amide bonds. The number of nitrogens with one attached hydrogen (secondary N) is 2. The Hall–Kier alpha value is -2.91. The predicted molar refractivity (Wildman–Crippen MR) is 138 cm³/mol. The third kappa shape index (κ3) is 4.54. The largest absolute Gasteiger partial charge is 0.369 e. The lowest BCUT2D eigenvalue weighted by Gasteiger charge is -2.41. The molecule has 4 heterocycles. The Morgan fingerprint density at radius 2 is 1.77 bits per heavy atom. The number of hydrogen-bond acceptors (Lipinski definition) is 7. The second kappa shape index (κ2) is 9.62. The zero-order chi connectivity index (χ0) is 23.8. The van der Waals surface area contributed by atoms with Gasteiger partial charge in [-0.25, -0.2) is 9.78 Å². The Kier molecular flexibility index (Phi) is 6.20. The predicted octanol–water partition coefficient (Wildman–Crippen LogP) is 3.02. The van der Waals surface area contributed by atoms with E-state index >= 15 is 0 Å². The van der Waals surface area contributed by atoms with E-state index in [1.807, 2.05) is 16.0 Å². The number of carbonyl (C=O) groups excluding carboxylic acids is 1. The number of fused-ring (bicyclic) bond motifs is 1. The minimum Gasteiger partial charge on any atom is -0.369 e. The molecule has 1 aliphatic carbocycles. The molecular weight excluding hydrogens is 440 g/mol. The average molecular weight is 477 g/mol. The summed E-state index contributed by atoms with van der Waals surface area (Å²) >= 11 is 0. The Bertz CT molecular complexity index is 1040. The van der Waals surface area contributed by atoms with Crippen LogP contribution in [0.5, 0.6) is 0 Å². The third-order valence-electron chi connectivity index (χ3n) is 8.02. The van der Waals surface area contributed by atoms with Crippen molar-refractivity contribution in [3.63, 3.8) is 0 Å². The first-order valence-corrected chi connectivity index (χ1v) is 13.1. The molecule has 9 nitrogen and oxygen atoms in total. The van der Waals surface area contributed by atoms with Crippen LogP contribution in [-0.2, 0) is 6.54 Å². The molecule has 2 aromatic rings. The van der Waals surface area contributed by atoms with E-state index in [-0.39, 0.29) is 18.1 Å². The van der Waals surface area contributed by atoms with Gasteiger partial charge in [0.05, 0.1) is 6.54 Å². The summed E-state index contributed by atoms with van der Waals surface area (Å²) in [6.45, 7) is 6.71. The molecule has 1 saturated carbocycles. The smallest absolute Gasteiger partial charge is 0.326 e. The van der Waals surface area contributed by atoms with Crippen LogP contribution in [0.15, 0.2) is 30.5 Å². The first kappa shape index (κ1) is 22.5. The van der Waals surface area contributed by atoms with Gasteiger partial charge in [0.1, 0.15) is 5.82 Å². The molecule has 6 rings (SSSR count). The lowest BCUT2D eigenvalue weighted by atomic mass is 10.1. The van der Waals surface area contributed by atoms with Crippen LogP contribution in [0.1, 0.15) is 37.7 Å². The van der Waals surface area contributed by atoms with Gasteiger partial charge in [-0.3, -0.25) is 4.90 Å². The molecule has 0 unspecified atom stereocenters. The summed E-state index contributed by atoms with van der Waals surface area (Å²) in [5.74, 6) is 1.33. The van der Waals surface area contributed by atoms with Crippen molar-refractivity contribution in [1.29, 1.82) is 0 Å². The lowest BCUT2D eigenvalue weighted by Crippen LogP contribution is -2.55. The molecule has 1 aromatic heterocycles. The van der Waals surface area contributed by atoms with Crippen LogP contribution in [0.3, 0.4) is 0 Å². The van der Waals surface area contributed by atoms with Gasteiger partial charge < -0.3 is 25.3 Å². The number of likely N-dealkylation sites (N-methyl/N-ethyl adjacent to an activating group) is 1. The number of rotatable bonds is 5. The van der Waals surface area contributed by atoms with Gasteiger partial charge in [0.15, 0.2) is 0 Å². The van der Waals surface area contributed by atoms with Gasteiger partial charge in [0, 0.05) is 67.9 Å². The summed E-state index contributed by atoms with van der Waals surface area (Å²) in [5, 5.41) is 6.78. The number of anilines is 4. The number of hydrogen-bond donors (Lipinski definition) is 2. The molecule has 0 spiro atoms. The van der Waals surface area contributed by atoms with E-state index in [0.29, 0.717) is 12.5 Å². The molecule has 3 fully saturated rings. The Labute approximate surface area is 207 Å². The summed E-state index contributed by atoms with van der Waals surface area (Å²) < 4.78 is 0. The van der Waals surface area contributed by atoms with Crippen molar-refractivity contribution in [2.75, 3.05) is 61.4 Å². The van der Waals surface area contributed by atoms with Crippen molar-refractivity contribution in [2.45, 2.75) is 50.7 Å². The lowest BCUT2D eigenvalue weighted by molar-refractivity contribution is 0.174. The van der Waals surface area contributed by atoms with Crippen molar-refractivity contribution in [3.05, 3.63) is 36.0 Å². The molecule has 0 bridgehead atoms. The van der Waals surface area contributed by atoms with E-state index in [9.17, 15) is 4.79 Å². The maximum Gasteiger partial charge on any atom is 0.326 e. The Morgan fingerprint density at radius 3 is 2.49 bits per heavy atom. The monoisotopic (exact) mass is 476 g/mol. The highest BCUT2D eigenvalue weighted by molar-refractivity contribution is 5.94. The fourth-order valence-corrected chi connectivity index (χ4v) is 5.89. The highest BCUT2D eigenvalue weighted by Crippen LogP contribution is 2.36. The molecule has 35 heavy (non-hydrogen) atoms. The van der Waals surface area contributed by atoms with Crippen molar-refractivity contribution in [2.24, 2.45) is 0 Å². The summed E-state index contributed by atoms with van der Waals surface area (Å²) in [5.41, 5.74) is 3.24. The van der Waals surface area contributed by atoms with E-state index in [2.05, 4.69) is 56.7 Å². The topological polar surface area (TPSA) is 79.9 Å². The van der Waals surface area contributed by atoms with Gasteiger partial charge in [-0.1, -0.05) is 12.8 Å². The summed E-state index contributed by atoms with van der Waals surface area (Å²) in [7, 11) is 2.17. The third-order valence-corrected chi connectivity index (χ3v) is 8.02. The van der Waals surface area contributed by atoms with E-state index in [1.54, 1.807) is 0 Å². The van der Waals surface area contributed by atoms with Crippen molar-refractivity contribution >= 4 is 29.2 Å². The normalized spacial score (nSPS) is 23.7. The number of piperazine rings is 1. The molecule has 0 radical (unpaired) electrons. The highest BCUT2D eigenvalue weighted by Gasteiger charge is 2.40. The van der Waals surface area contributed by atoms with Gasteiger partial charge in [0.2, 0.25) is 5.95 Å². The second-order valence-corrected chi connectivity index (χ2v) is 10.4. The number of carbonyl (C=O) groups is 1. The minimum atomic E-state index is 0.110. The summed E-state index contributed by atoms with van der Waals surface area (Å²) in [6.07, 6.45) is 7.34. The molecule has 1 aromatic carbocycles. The minimum absolute atomic E-state index is 0.110. The van der Waals surface area contributed by atoms with Crippen LogP contribution in [-0.4, -0.2) is 84.2 Å². The van der Waals surface area contributed by atoms with E-state index < -0.39 is 0 Å². The highest BCUT2D eigenvalue weighted by atomic mass is 16.2. The van der Waals surface area contributed by atoms with Gasteiger partial charge in [-0.2, -0.15) is 4.98 Å². The van der Waals surface area contributed by atoms with Crippen LogP contribution >= 0.6 is 0 Å². The standard InChI is InChI=1S/C26H36N8O/c1-31-12-14-32(15-13-31)21-8-6-20(7-9-21)29-25-28-16-19-18-33(23-10-11-27-17-23)26(35)34(24(19)30-25)22-4-2-3-5-22/h6-9,16,22-23,27H,2-5,10-15,17-18H2,1H3,(H,28,29,30)/t23-/m0/s1. The molecule has 4 aliphatic rings. The molecule has 3 aliphatic heterocycles. The van der Waals surface area contributed by atoms with E-state index in [0.717, 1.165) is 75.6 Å². The van der Waals surface area contributed by atoms with Crippen molar-refractivity contribution in [3.8, 4) is 0 Å². The molecular formula is C26H36N8O. The fraction of sp³-hybridized carbons (Fsp3) is 0.577. The van der Waals surface area contributed by atoms with E-state index in [4.69, 9.17) is 4.98 Å². The summed E-state index contributed by atoms with van der Waals surface area (Å²) in [6, 6.07) is 9.08. The SMILES string of the molecule is CN1CCN(c2ccc(Nc3ncc4c(n3)N(C3CCCC3)C(=O)N([C@H]3CCNC3)C4)cc2)CC1. The van der Waals surface area contributed by atoms with Crippen LogP contribution in [0.25, 0.3) is 0 Å². The first-order chi connectivity index (χ1) is 17.2. The zero-order valence-electron chi connectivity index (χ0n) is 20.6. The quantitative estimate of drug-likeness (QED) is 0.687. The maximum atomic E-state index is 13.7. The van der Waals surface area contributed by atoms with Gasteiger partial charge in [0.25, 0.3) is 0 Å². The second-order valence-electron chi connectivity index (χ2n) is 10.4. The summed E-state index contributed by atoms with van der Waals surface area (Å²) in [4.78, 5) is 32.0. The molecule has 2 N–H and O–H groups in total. The van der Waals surface area contributed by atoms with Gasteiger partial charge in [-0.15, -0.1) is 0 Å². The number of benzene rings is 1. The number of nitrogens with zero attached hydrogens (tertiary/aromatic N) is 6. The Morgan fingerprint density at radius 1 is 1.00 bits per heavy atom. The number of amides is 2. The maximum absolute atomic E-state index is 13.7. The van der Waals surface area contributed by atoms with Crippen LogP contribution in [0.4, 0.5) is 27.9 Å². The van der Waals surface area contributed by atoms with Crippen LogP contribution in [0.2, 0.25) is 0 Å². The fourth-order valence-electron chi connectivity index (χ4n) is 5.89. The molecule has 2 saturated heterocycles. The number of aromatic nitrogens is 2. The molecule has 186 valence electrons. The molecule has 9 heteroatoms. The van der Waals surface area contributed by atoms with Crippen LogP contribution < -0.4 is 20.4 Å². The number of urea groups is 1. The Balaban J connectivity index is 1.22. The molecule has 1 atom stereocenters.